The normalized spacial score (nSPS) is 15.4. The van der Waals surface area contributed by atoms with Crippen molar-refractivity contribution in [3.63, 3.8) is 0 Å². The first-order chi connectivity index (χ1) is 16.1. The van der Waals surface area contributed by atoms with Gasteiger partial charge in [-0.1, -0.05) is 0 Å². The summed E-state index contributed by atoms with van der Waals surface area (Å²) in [5.41, 5.74) is 5.26. The lowest BCUT2D eigenvalue weighted by molar-refractivity contribution is 0.0204. The summed E-state index contributed by atoms with van der Waals surface area (Å²) in [5.74, 6) is -0.177. The predicted octanol–water partition coefficient (Wildman–Crippen LogP) is 5.52. The Balaban J connectivity index is 1.39. The van der Waals surface area contributed by atoms with Gasteiger partial charge in [-0.25, -0.2) is 19.2 Å². The molecule has 1 saturated heterocycles. The molecule has 5 heterocycles. The maximum atomic E-state index is 15.1. The number of halogens is 1. The van der Waals surface area contributed by atoms with Crippen molar-refractivity contribution in [3.8, 4) is 11.1 Å². The Morgan fingerprint density at radius 3 is 2.29 bits per heavy atom. The van der Waals surface area contributed by atoms with Crippen molar-refractivity contribution in [2.24, 2.45) is 0 Å². The Bertz CT molecular complexity index is 1390. The van der Waals surface area contributed by atoms with Crippen molar-refractivity contribution in [2.75, 3.05) is 13.1 Å². The topological polar surface area (TPSA) is 64.1 Å². The number of carbonyl (C=O) groups is 1. The van der Waals surface area contributed by atoms with Crippen LogP contribution in [0, 0.1) is 19.7 Å². The molecule has 5 rings (SSSR count). The number of nitrogens with zero attached hydrogens (tertiary/aromatic N) is 5. The Morgan fingerprint density at radius 2 is 1.62 bits per heavy atom. The fourth-order valence-corrected chi connectivity index (χ4v) is 4.66. The monoisotopic (exact) mass is 463 g/mol. The second-order valence-electron chi connectivity index (χ2n) is 10.2. The van der Waals surface area contributed by atoms with Crippen LogP contribution in [0.5, 0.6) is 0 Å². The van der Waals surface area contributed by atoms with Gasteiger partial charge < -0.3 is 18.4 Å². The molecule has 4 aromatic heterocycles. The van der Waals surface area contributed by atoms with E-state index in [1.807, 2.05) is 69.9 Å². The highest BCUT2D eigenvalue weighted by atomic mass is 19.1. The maximum Gasteiger partial charge on any atom is 0.410 e. The summed E-state index contributed by atoms with van der Waals surface area (Å²) in [6, 6.07) is 3.58. The molecular weight excluding hydrogens is 433 g/mol. The summed E-state index contributed by atoms with van der Waals surface area (Å²) in [6.07, 6.45) is 9.06. The second kappa shape index (κ2) is 8.11. The van der Waals surface area contributed by atoms with Gasteiger partial charge in [0.05, 0.1) is 11.4 Å². The average molecular weight is 464 g/mol. The third-order valence-electron chi connectivity index (χ3n) is 6.28. The summed E-state index contributed by atoms with van der Waals surface area (Å²) < 4.78 is 24.3. The number of aromatic nitrogens is 4. The smallest absolute Gasteiger partial charge is 0.410 e. The first-order valence-corrected chi connectivity index (χ1v) is 11.7. The van der Waals surface area contributed by atoms with Crippen molar-refractivity contribution in [3.05, 3.63) is 59.7 Å². The quantitative estimate of drug-likeness (QED) is 0.393. The highest BCUT2D eigenvalue weighted by Crippen LogP contribution is 2.30. The molecule has 1 amide bonds. The van der Waals surface area contributed by atoms with Gasteiger partial charge >= 0.3 is 6.09 Å². The molecule has 4 aromatic rings. The first-order valence-electron chi connectivity index (χ1n) is 11.7. The third kappa shape index (κ3) is 4.24. The van der Waals surface area contributed by atoms with Gasteiger partial charge in [-0.15, -0.1) is 0 Å². The highest BCUT2D eigenvalue weighted by molar-refractivity contribution is 5.69. The van der Waals surface area contributed by atoms with Gasteiger partial charge in [0.2, 0.25) is 0 Å². The molecule has 7 nitrogen and oxygen atoms in total. The number of carbonyl (C=O) groups excluding carboxylic acids is 1. The van der Waals surface area contributed by atoms with E-state index < -0.39 is 5.60 Å². The van der Waals surface area contributed by atoms with E-state index in [2.05, 4.69) is 9.97 Å². The minimum atomic E-state index is -0.509. The molecule has 0 bridgehead atoms. The van der Waals surface area contributed by atoms with Gasteiger partial charge in [0.1, 0.15) is 11.2 Å². The van der Waals surface area contributed by atoms with Crippen LogP contribution >= 0.6 is 0 Å². The fourth-order valence-electron chi connectivity index (χ4n) is 4.66. The van der Waals surface area contributed by atoms with Crippen LogP contribution in [0.2, 0.25) is 0 Å². The van der Waals surface area contributed by atoms with Crippen LogP contribution in [0.1, 0.15) is 56.5 Å². The van der Waals surface area contributed by atoms with Crippen LogP contribution in [0.15, 0.2) is 36.9 Å². The number of fused-ring (bicyclic) bond motifs is 2. The van der Waals surface area contributed by atoms with E-state index in [9.17, 15) is 4.79 Å². The fraction of sp³-hybridized carbons (Fsp3) is 0.423. The van der Waals surface area contributed by atoms with E-state index in [1.54, 1.807) is 15.4 Å². The second-order valence-corrected chi connectivity index (χ2v) is 10.2. The molecule has 0 aliphatic carbocycles. The molecule has 178 valence electrons. The van der Waals surface area contributed by atoms with Gasteiger partial charge in [0.25, 0.3) is 0 Å². The zero-order valence-electron chi connectivity index (χ0n) is 20.3. The SMILES string of the molecule is Cc1cn2cc(-c3cc(F)c4nc(C5CCN(C(=O)OC(C)(C)C)CC5)cn4c3)cc(C)c2n1. The summed E-state index contributed by atoms with van der Waals surface area (Å²) in [7, 11) is 0. The molecule has 0 atom stereocenters. The van der Waals surface area contributed by atoms with Gasteiger partial charge in [-0.2, -0.15) is 0 Å². The number of hydrogen-bond acceptors (Lipinski definition) is 4. The molecule has 0 unspecified atom stereocenters. The molecule has 0 radical (unpaired) electrons. The molecule has 1 aliphatic rings. The number of ether oxygens (including phenoxy) is 1. The van der Waals surface area contributed by atoms with E-state index in [0.717, 1.165) is 46.6 Å². The van der Waals surface area contributed by atoms with E-state index >= 15 is 4.39 Å². The van der Waals surface area contributed by atoms with E-state index in [1.165, 1.54) is 0 Å². The zero-order chi connectivity index (χ0) is 24.2. The van der Waals surface area contributed by atoms with Gasteiger partial charge in [-0.3, -0.25) is 0 Å². The molecular formula is C26H30FN5O2. The number of aryl methyl sites for hydroxylation is 2. The Labute approximate surface area is 198 Å². The van der Waals surface area contributed by atoms with Crippen LogP contribution in [0.3, 0.4) is 0 Å². The summed E-state index contributed by atoms with van der Waals surface area (Å²) in [5, 5.41) is 0. The van der Waals surface area contributed by atoms with Crippen molar-refractivity contribution >= 4 is 17.4 Å². The molecule has 8 heteroatoms. The minimum absolute atomic E-state index is 0.175. The lowest BCUT2D eigenvalue weighted by Crippen LogP contribution is -2.41. The Morgan fingerprint density at radius 1 is 0.971 bits per heavy atom. The van der Waals surface area contributed by atoms with Crippen LogP contribution in [-0.4, -0.2) is 48.5 Å². The summed E-state index contributed by atoms with van der Waals surface area (Å²) in [4.78, 5) is 23.2. The lowest BCUT2D eigenvalue weighted by Gasteiger charge is -2.32. The first kappa shape index (κ1) is 22.4. The van der Waals surface area contributed by atoms with Crippen molar-refractivity contribution < 1.29 is 13.9 Å². The standard InChI is InChI=1S/C26H30FN5O2/c1-16-10-19(13-31-12-17(2)28-23(16)31)20-11-21(27)24-29-22(15-32(24)14-20)18-6-8-30(9-7-18)25(33)34-26(3,4)5/h10-15,18H,6-9H2,1-5H3. The highest BCUT2D eigenvalue weighted by Gasteiger charge is 2.28. The number of imidazole rings is 2. The molecule has 34 heavy (non-hydrogen) atoms. The number of likely N-dealkylation sites (tertiary alicyclic amines) is 1. The van der Waals surface area contributed by atoms with Gasteiger partial charge in [0, 0.05) is 54.9 Å². The largest absolute Gasteiger partial charge is 0.444 e. The average Bonchev–Trinajstić information content (AvgIpc) is 3.36. The molecule has 0 spiro atoms. The molecule has 1 aliphatic heterocycles. The molecule has 1 fully saturated rings. The number of piperidine rings is 1. The number of pyridine rings is 2. The predicted molar refractivity (Wildman–Crippen MR) is 129 cm³/mol. The van der Waals surface area contributed by atoms with Crippen molar-refractivity contribution in [1.82, 2.24) is 23.7 Å². The van der Waals surface area contributed by atoms with Crippen LogP contribution < -0.4 is 0 Å². The number of amides is 1. The van der Waals surface area contributed by atoms with Crippen molar-refractivity contribution in [2.45, 2.75) is 59.0 Å². The van der Waals surface area contributed by atoms with Crippen LogP contribution in [-0.2, 0) is 4.74 Å². The number of hydrogen-bond donors (Lipinski definition) is 0. The maximum absolute atomic E-state index is 15.1. The lowest BCUT2D eigenvalue weighted by atomic mass is 9.94. The third-order valence-corrected chi connectivity index (χ3v) is 6.28. The molecule has 0 aromatic carbocycles. The van der Waals surface area contributed by atoms with Gasteiger partial charge in [0.15, 0.2) is 11.5 Å². The summed E-state index contributed by atoms with van der Waals surface area (Å²) >= 11 is 0. The van der Waals surface area contributed by atoms with E-state index in [-0.39, 0.29) is 17.8 Å². The van der Waals surface area contributed by atoms with Crippen LogP contribution in [0.4, 0.5) is 9.18 Å². The number of rotatable bonds is 2. The van der Waals surface area contributed by atoms with E-state index in [4.69, 9.17) is 4.74 Å². The van der Waals surface area contributed by atoms with E-state index in [0.29, 0.717) is 18.7 Å². The molecule has 0 N–H and O–H groups in total. The Kier molecular flexibility index (Phi) is 5.34. The Hall–Kier alpha value is -3.42. The van der Waals surface area contributed by atoms with Crippen LogP contribution in [0.25, 0.3) is 22.4 Å². The molecule has 0 saturated carbocycles. The summed E-state index contributed by atoms with van der Waals surface area (Å²) in [6.45, 7) is 10.8. The zero-order valence-corrected chi connectivity index (χ0v) is 20.3. The van der Waals surface area contributed by atoms with Crippen molar-refractivity contribution in [1.29, 1.82) is 0 Å². The van der Waals surface area contributed by atoms with Gasteiger partial charge in [-0.05, 0) is 65.2 Å². The minimum Gasteiger partial charge on any atom is -0.444 e.